The molecular weight excluding hydrogens is 226 g/mol. The summed E-state index contributed by atoms with van der Waals surface area (Å²) in [5.41, 5.74) is 1.31. The number of pyridine rings is 1. The minimum absolute atomic E-state index is 0.820. The molecule has 1 aliphatic heterocycles. The summed E-state index contributed by atoms with van der Waals surface area (Å²) in [5.74, 6) is 0. The van der Waals surface area contributed by atoms with Crippen molar-refractivity contribution in [3.05, 3.63) is 30.1 Å². The fourth-order valence-electron chi connectivity index (χ4n) is 2.26. The number of ether oxygens (including phenoxy) is 1. The summed E-state index contributed by atoms with van der Waals surface area (Å²) in [5, 5.41) is 0. The molecule has 4 heteroatoms. The Morgan fingerprint density at radius 1 is 1.22 bits per heavy atom. The van der Waals surface area contributed by atoms with Gasteiger partial charge < -0.3 is 4.74 Å². The molecule has 0 aliphatic carbocycles. The van der Waals surface area contributed by atoms with Crippen LogP contribution < -0.4 is 0 Å². The van der Waals surface area contributed by atoms with Gasteiger partial charge >= 0.3 is 0 Å². The normalized spacial score (nSPS) is 18.1. The van der Waals surface area contributed by atoms with Gasteiger partial charge in [-0.15, -0.1) is 0 Å². The monoisotopic (exact) mass is 249 g/mol. The topological polar surface area (TPSA) is 28.6 Å². The van der Waals surface area contributed by atoms with Crippen LogP contribution in [0.1, 0.15) is 12.5 Å². The van der Waals surface area contributed by atoms with Gasteiger partial charge in [0.15, 0.2) is 0 Å². The summed E-state index contributed by atoms with van der Waals surface area (Å²) in [7, 11) is 0. The highest BCUT2D eigenvalue weighted by Gasteiger charge is 2.16. The summed E-state index contributed by atoms with van der Waals surface area (Å²) < 4.78 is 5.40. The molecule has 0 bridgehead atoms. The molecule has 1 aliphatic rings. The van der Waals surface area contributed by atoms with Crippen LogP contribution in [0, 0.1) is 0 Å². The molecule has 0 spiro atoms. The Bertz CT molecular complexity index is 323. The molecule has 0 atom stereocenters. The van der Waals surface area contributed by atoms with E-state index in [1.165, 1.54) is 5.56 Å². The maximum Gasteiger partial charge on any atom is 0.0593 e. The highest BCUT2D eigenvalue weighted by molar-refractivity contribution is 5.08. The van der Waals surface area contributed by atoms with Crippen molar-refractivity contribution >= 4 is 0 Å². The van der Waals surface area contributed by atoms with E-state index in [1.807, 2.05) is 25.4 Å². The van der Waals surface area contributed by atoms with Crippen molar-refractivity contribution in [2.45, 2.75) is 13.5 Å². The van der Waals surface area contributed by atoms with Gasteiger partial charge in [0.05, 0.1) is 6.61 Å². The van der Waals surface area contributed by atoms with E-state index in [9.17, 15) is 0 Å². The first kappa shape index (κ1) is 13.5. The standard InChI is InChI=1S/C14H23N3O/c1-2-18-11-10-16-6-8-17(9-7-16)13-14-4-3-5-15-12-14/h3-5,12H,2,6-11,13H2,1H3. The minimum atomic E-state index is 0.820. The Kier molecular flexibility index (Phi) is 5.58. The lowest BCUT2D eigenvalue weighted by atomic mass is 10.2. The van der Waals surface area contributed by atoms with E-state index in [4.69, 9.17) is 4.74 Å². The SMILES string of the molecule is CCOCCN1CCN(Cc2cccnc2)CC1. The van der Waals surface area contributed by atoms with Gasteiger partial charge in [0.1, 0.15) is 0 Å². The number of hydrogen-bond donors (Lipinski definition) is 0. The number of rotatable bonds is 6. The first-order valence-electron chi connectivity index (χ1n) is 6.80. The summed E-state index contributed by atoms with van der Waals surface area (Å²) in [4.78, 5) is 9.14. The minimum Gasteiger partial charge on any atom is -0.380 e. The summed E-state index contributed by atoms with van der Waals surface area (Å²) in [6, 6.07) is 4.15. The van der Waals surface area contributed by atoms with Crippen molar-refractivity contribution in [1.82, 2.24) is 14.8 Å². The maximum absolute atomic E-state index is 5.40. The smallest absolute Gasteiger partial charge is 0.0593 e. The summed E-state index contributed by atoms with van der Waals surface area (Å²) >= 11 is 0. The van der Waals surface area contributed by atoms with E-state index in [-0.39, 0.29) is 0 Å². The number of piperazine rings is 1. The van der Waals surface area contributed by atoms with Crippen molar-refractivity contribution in [3.8, 4) is 0 Å². The highest BCUT2D eigenvalue weighted by Crippen LogP contribution is 2.07. The zero-order chi connectivity index (χ0) is 12.6. The average Bonchev–Trinajstić information content (AvgIpc) is 2.42. The summed E-state index contributed by atoms with van der Waals surface area (Å²) in [6.45, 7) is 10.4. The Morgan fingerprint density at radius 2 is 2.00 bits per heavy atom. The molecule has 0 radical (unpaired) electrons. The van der Waals surface area contributed by atoms with Crippen LogP contribution >= 0.6 is 0 Å². The fraction of sp³-hybridized carbons (Fsp3) is 0.643. The van der Waals surface area contributed by atoms with Crippen LogP contribution in [0.2, 0.25) is 0 Å². The molecule has 1 fully saturated rings. The quantitative estimate of drug-likeness (QED) is 0.709. The average molecular weight is 249 g/mol. The van der Waals surface area contributed by atoms with Crippen molar-refractivity contribution in [2.24, 2.45) is 0 Å². The second-order valence-corrected chi connectivity index (χ2v) is 4.68. The van der Waals surface area contributed by atoms with Crippen LogP contribution in [0.25, 0.3) is 0 Å². The van der Waals surface area contributed by atoms with E-state index >= 15 is 0 Å². The lowest BCUT2D eigenvalue weighted by Crippen LogP contribution is -2.46. The van der Waals surface area contributed by atoms with Gasteiger partial charge in [-0.2, -0.15) is 0 Å². The third-order valence-electron chi connectivity index (χ3n) is 3.35. The van der Waals surface area contributed by atoms with Crippen LogP contribution in [0.3, 0.4) is 0 Å². The molecule has 1 saturated heterocycles. The van der Waals surface area contributed by atoms with Crippen molar-refractivity contribution < 1.29 is 4.74 Å². The molecule has 18 heavy (non-hydrogen) atoms. The van der Waals surface area contributed by atoms with Crippen LogP contribution in [0.5, 0.6) is 0 Å². The van der Waals surface area contributed by atoms with Crippen molar-refractivity contribution in [1.29, 1.82) is 0 Å². The lowest BCUT2D eigenvalue weighted by Gasteiger charge is -2.34. The fourth-order valence-corrected chi connectivity index (χ4v) is 2.26. The number of hydrogen-bond acceptors (Lipinski definition) is 4. The molecule has 100 valence electrons. The van der Waals surface area contributed by atoms with Crippen molar-refractivity contribution in [2.75, 3.05) is 45.9 Å². The molecule has 2 rings (SSSR count). The molecule has 0 amide bonds. The van der Waals surface area contributed by atoms with Gasteiger partial charge in [-0.25, -0.2) is 0 Å². The number of aromatic nitrogens is 1. The third kappa shape index (κ3) is 4.37. The molecule has 0 N–H and O–H groups in total. The second-order valence-electron chi connectivity index (χ2n) is 4.68. The molecule has 1 aromatic rings. The predicted octanol–water partition coefficient (Wildman–Crippen LogP) is 1.24. The molecule has 4 nitrogen and oxygen atoms in total. The second kappa shape index (κ2) is 7.46. The van der Waals surface area contributed by atoms with Gasteiger partial charge in [0.25, 0.3) is 0 Å². The van der Waals surface area contributed by atoms with E-state index in [0.29, 0.717) is 0 Å². The Labute approximate surface area is 110 Å². The van der Waals surface area contributed by atoms with E-state index < -0.39 is 0 Å². The van der Waals surface area contributed by atoms with Crippen LogP contribution in [0.15, 0.2) is 24.5 Å². The summed E-state index contributed by atoms with van der Waals surface area (Å²) in [6.07, 6.45) is 3.79. The lowest BCUT2D eigenvalue weighted by molar-refractivity contribution is 0.0786. The van der Waals surface area contributed by atoms with Crippen LogP contribution in [0.4, 0.5) is 0 Å². The Morgan fingerprint density at radius 3 is 2.67 bits per heavy atom. The van der Waals surface area contributed by atoms with Gasteiger partial charge in [0.2, 0.25) is 0 Å². The van der Waals surface area contributed by atoms with Crippen LogP contribution in [-0.2, 0) is 11.3 Å². The van der Waals surface area contributed by atoms with Gasteiger partial charge in [0, 0.05) is 58.3 Å². The zero-order valence-corrected chi connectivity index (χ0v) is 11.2. The molecule has 1 aromatic heterocycles. The van der Waals surface area contributed by atoms with Gasteiger partial charge in [-0.05, 0) is 18.6 Å². The third-order valence-corrected chi connectivity index (χ3v) is 3.35. The van der Waals surface area contributed by atoms with Crippen LogP contribution in [-0.4, -0.2) is 60.7 Å². The largest absolute Gasteiger partial charge is 0.380 e. The van der Waals surface area contributed by atoms with Gasteiger partial charge in [-0.1, -0.05) is 6.07 Å². The molecule has 0 unspecified atom stereocenters. The maximum atomic E-state index is 5.40. The number of nitrogens with zero attached hydrogens (tertiary/aromatic N) is 3. The predicted molar refractivity (Wildman–Crippen MR) is 72.4 cm³/mol. The van der Waals surface area contributed by atoms with E-state index in [1.54, 1.807) is 0 Å². The first-order chi connectivity index (χ1) is 8.88. The van der Waals surface area contributed by atoms with E-state index in [0.717, 1.165) is 52.5 Å². The molecule has 0 aromatic carbocycles. The van der Waals surface area contributed by atoms with Gasteiger partial charge in [-0.3, -0.25) is 14.8 Å². The molecular formula is C14H23N3O. The van der Waals surface area contributed by atoms with Crippen molar-refractivity contribution in [3.63, 3.8) is 0 Å². The first-order valence-corrected chi connectivity index (χ1v) is 6.80. The zero-order valence-electron chi connectivity index (χ0n) is 11.2. The Balaban J connectivity index is 1.67. The molecule has 2 heterocycles. The van der Waals surface area contributed by atoms with E-state index in [2.05, 4.69) is 20.9 Å². The Hall–Kier alpha value is -0.970. The molecule has 0 saturated carbocycles. The highest BCUT2D eigenvalue weighted by atomic mass is 16.5.